The lowest BCUT2D eigenvalue weighted by atomic mass is 10.1. The Morgan fingerprint density at radius 1 is 0.765 bits per heavy atom. The minimum atomic E-state index is -4.60. The van der Waals surface area contributed by atoms with Gasteiger partial charge in [0, 0.05) is 0 Å². The Kier molecular flexibility index (Phi) is 6.40. The molecule has 0 saturated carbocycles. The fraction of sp³-hybridized carbons (Fsp3) is 0.238. The average molecular weight is 487 g/mol. The first kappa shape index (κ1) is 24.7. The molecule has 13 heteroatoms. The Labute approximate surface area is 186 Å². The van der Waals surface area contributed by atoms with Crippen molar-refractivity contribution in [2.45, 2.75) is 32.4 Å². The number of halogens is 6. The van der Waals surface area contributed by atoms with E-state index >= 15 is 0 Å². The zero-order valence-corrected chi connectivity index (χ0v) is 17.3. The van der Waals surface area contributed by atoms with Crippen molar-refractivity contribution in [3.05, 3.63) is 107 Å². The number of hydrogen-bond donors (Lipinski definition) is 0. The van der Waals surface area contributed by atoms with Crippen LogP contribution in [0.5, 0.6) is 0 Å². The van der Waals surface area contributed by atoms with E-state index in [1.165, 1.54) is 0 Å². The molecule has 1 aromatic heterocycles. The maximum absolute atomic E-state index is 13.0. The van der Waals surface area contributed by atoms with Crippen LogP contribution in [-0.4, -0.2) is 14.1 Å². The van der Waals surface area contributed by atoms with Crippen LogP contribution in [0.3, 0.4) is 0 Å². The second-order valence-corrected chi connectivity index (χ2v) is 7.34. The van der Waals surface area contributed by atoms with Crippen molar-refractivity contribution in [3.8, 4) is 0 Å². The lowest BCUT2D eigenvalue weighted by Crippen LogP contribution is -2.42. The summed E-state index contributed by atoms with van der Waals surface area (Å²) in [6.45, 7) is 0.217. The molecule has 0 radical (unpaired) electrons. The van der Waals surface area contributed by atoms with E-state index in [0.29, 0.717) is 4.57 Å². The molecule has 0 fully saturated rings. The molecule has 0 spiro atoms. The maximum Gasteiger partial charge on any atom is 0.416 e. The zero-order valence-electron chi connectivity index (χ0n) is 17.3. The Hall–Kier alpha value is -3.90. The molecule has 34 heavy (non-hydrogen) atoms. The molecule has 2 aromatic carbocycles. The van der Waals surface area contributed by atoms with Crippen LogP contribution in [0.2, 0.25) is 0 Å². The van der Waals surface area contributed by atoms with Gasteiger partial charge in [0.15, 0.2) is 0 Å². The molecule has 0 N–H and O–H groups in total. The molecular formula is C21H15F6N3O4. The fourth-order valence-corrected chi connectivity index (χ4v) is 3.29. The quantitative estimate of drug-likeness (QED) is 0.304. The molecule has 7 nitrogen and oxygen atoms in total. The minimum absolute atomic E-state index is 0.103. The van der Waals surface area contributed by atoms with Gasteiger partial charge in [-0.05, 0) is 42.3 Å². The lowest BCUT2D eigenvalue weighted by Gasteiger charge is -2.15. The number of aromatic nitrogens is 2. The summed E-state index contributed by atoms with van der Waals surface area (Å²) in [7, 11) is 0. The predicted molar refractivity (Wildman–Crippen MR) is 107 cm³/mol. The fourth-order valence-electron chi connectivity index (χ4n) is 3.29. The lowest BCUT2D eigenvalue weighted by molar-refractivity contribution is -0.387. The van der Waals surface area contributed by atoms with Crippen molar-refractivity contribution >= 4 is 5.69 Å². The van der Waals surface area contributed by atoms with Crippen LogP contribution in [0.1, 0.15) is 27.9 Å². The second kappa shape index (κ2) is 8.80. The van der Waals surface area contributed by atoms with E-state index < -0.39 is 51.9 Å². The van der Waals surface area contributed by atoms with Crippen LogP contribution in [0.4, 0.5) is 32.0 Å². The van der Waals surface area contributed by atoms with Gasteiger partial charge in [0.2, 0.25) is 0 Å². The van der Waals surface area contributed by atoms with Gasteiger partial charge in [0.25, 0.3) is 0 Å². The first-order chi connectivity index (χ1) is 15.7. The SMILES string of the molecule is Cc1c([N+](=O)[O-])c(=O)n(Cc2ccc(C(F)(F)F)cc2)c(=O)n1Cc1ccc(C(F)(F)F)cc1. The van der Waals surface area contributed by atoms with E-state index in [-0.39, 0.29) is 23.4 Å². The molecule has 180 valence electrons. The monoisotopic (exact) mass is 487 g/mol. The number of rotatable bonds is 5. The van der Waals surface area contributed by atoms with Crippen LogP contribution in [-0.2, 0) is 25.4 Å². The number of benzene rings is 2. The molecule has 1 heterocycles. The third kappa shape index (κ3) is 5.02. The highest BCUT2D eigenvalue weighted by Crippen LogP contribution is 2.30. The van der Waals surface area contributed by atoms with Crippen molar-refractivity contribution in [1.82, 2.24) is 9.13 Å². The Balaban J connectivity index is 2.07. The third-order valence-corrected chi connectivity index (χ3v) is 5.08. The van der Waals surface area contributed by atoms with Crippen molar-refractivity contribution in [1.29, 1.82) is 0 Å². The van der Waals surface area contributed by atoms with Crippen LogP contribution in [0, 0.1) is 17.0 Å². The molecule has 0 aliphatic rings. The molecule has 0 aliphatic heterocycles. The zero-order chi connectivity index (χ0) is 25.4. The van der Waals surface area contributed by atoms with Crippen molar-refractivity contribution < 1.29 is 31.3 Å². The summed E-state index contributed by atoms with van der Waals surface area (Å²) in [6.07, 6.45) is -9.19. The predicted octanol–water partition coefficient (Wildman–Crippen LogP) is 4.36. The molecule has 0 amide bonds. The van der Waals surface area contributed by atoms with Gasteiger partial charge in [-0.25, -0.2) is 9.36 Å². The van der Waals surface area contributed by atoms with Crippen LogP contribution < -0.4 is 11.2 Å². The number of nitrogens with zero attached hydrogens (tertiary/aromatic N) is 3. The van der Waals surface area contributed by atoms with Crippen molar-refractivity contribution in [3.63, 3.8) is 0 Å². The molecule has 0 bridgehead atoms. The van der Waals surface area contributed by atoms with Gasteiger partial charge in [-0.1, -0.05) is 24.3 Å². The standard InChI is InChI=1S/C21H15F6N3O4/c1-12-17(30(33)34)18(31)29(11-14-4-8-16(9-5-14)21(25,26)27)19(32)28(12)10-13-2-6-15(7-3-13)20(22,23)24/h2-9H,10-11H2,1H3. The summed E-state index contributed by atoms with van der Waals surface area (Å²) in [5.41, 5.74) is -5.10. The van der Waals surface area contributed by atoms with Gasteiger partial charge in [-0.3, -0.25) is 19.5 Å². The topological polar surface area (TPSA) is 87.1 Å². The summed E-state index contributed by atoms with van der Waals surface area (Å²) in [5.74, 6) is 0. The highest BCUT2D eigenvalue weighted by Gasteiger charge is 2.31. The van der Waals surface area contributed by atoms with Gasteiger partial charge in [0.05, 0.1) is 29.1 Å². The van der Waals surface area contributed by atoms with E-state index in [1.807, 2.05) is 0 Å². The Morgan fingerprint density at radius 3 is 1.50 bits per heavy atom. The third-order valence-electron chi connectivity index (χ3n) is 5.08. The largest absolute Gasteiger partial charge is 0.416 e. The number of nitro groups is 1. The molecule has 0 aliphatic carbocycles. The van der Waals surface area contributed by atoms with Crippen LogP contribution in [0.25, 0.3) is 0 Å². The van der Waals surface area contributed by atoms with E-state index in [2.05, 4.69) is 0 Å². The van der Waals surface area contributed by atoms with Crippen LogP contribution >= 0.6 is 0 Å². The molecule has 0 unspecified atom stereocenters. The van der Waals surface area contributed by atoms with Crippen LogP contribution in [0.15, 0.2) is 58.1 Å². The second-order valence-electron chi connectivity index (χ2n) is 7.34. The highest BCUT2D eigenvalue weighted by atomic mass is 19.4. The first-order valence-electron chi connectivity index (χ1n) is 9.51. The molecular weight excluding hydrogens is 472 g/mol. The van der Waals surface area contributed by atoms with Gasteiger partial charge >= 0.3 is 29.3 Å². The number of hydrogen-bond acceptors (Lipinski definition) is 4. The van der Waals surface area contributed by atoms with E-state index in [9.17, 15) is 46.0 Å². The smallest absolute Gasteiger partial charge is 0.287 e. The summed E-state index contributed by atoms with van der Waals surface area (Å²) >= 11 is 0. The summed E-state index contributed by atoms with van der Waals surface area (Å²) in [5, 5.41) is 11.5. The highest BCUT2D eigenvalue weighted by molar-refractivity contribution is 5.34. The van der Waals surface area contributed by atoms with Crippen molar-refractivity contribution in [2.24, 2.45) is 0 Å². The van der Waals surface area contributed by atoms with Gasteiger partial charge in [-0.15, -0.1) is 0 Å². The Morgan fingerprint density at radius 2 is 1.15 bits per heavy atom. The summed E-state index contributed by atoms with van der Waals surface area (Å²) in [6, 6.07) is 7.27. The normalized spacial score (nSPS) is 12.1. The van der Waals surface area contributed by atoms with Crippen molar-refractivity contribution in [2.75, 3.05) is 0 Å². The minimum Gasteiger partial charge on any atom is -0.287 e. The molecule has 3 aromatic rings. The number of alkyl halides is 6. The van der Waals surface area contributed by atoms with E-state index in [0.717, 1.165) is 60.0 Å². The summed E-state index contributed by atoms with van der Waals surface area (Å²) in [4.78, 5) is 36.1. The van der Waals surface area contributed by atoms with Gasteiger partial charge in [0.1, 0.15) is 5.69 Å². The van der Waals surface area contributed by atoms with E-state index in [4.69, 9.17) is 0 Å². The average Bonchev–Trinajstić information content (AvgIpc) is 2.73. The molecule has 0 atom stereocenters. The molecule has 0 saturated heterocycles. The van der Waals surface area contributed by atoms with Gasteiger partial charge in [-0.2, -0.15) is 26.3 Å². The maximum atomic E-state index is 13.0. The Bertz CT molecular complexity index is 1340. The van der Waals surface area contributed by atoms with E-state index in [1.54, 1.807) is 0 Å². The first-order valence-corrected chi connectivity index (χ1v) is 9.51. The summed E-state index contributed by atoms with van der Waals surface area (Å²) < 4.78 is 78.0. The molecule has 3 rings (SSSR count). The van der Waals surface area contributed by atoms with Gasteiger partial charge < -0.3 is 0 Å².